The third kappa shape index (κ3) is 4.39. The van der Waals surface area contributed by atoms with Gasteiger partial charge in [0.15, 0.2) is 5.17 Å². The molecule has 0 spiro atoms. The largest absolute Gasteiger partial charge is 0.481 e. The first-order valence-corrected chi connectivity index (χ1v) is 9.36. The second-order valence-corrected chi connectivity index (χ2v) is 7.48. The topological polar surface area (TPSA) is 82.3 Å². The van der Waals surface area contributed by atoms with E-state index in [1.54, 1.807) is 30.5 Å². The maximum Gasteiger partial charge on any atom is 0.305 e. The fraction of sp³-hybridized carbons (Fsp3) is 0.111. The van der Waals surface area contributed by atoms with Crippen LogP contribution in [-0.2, 0) is 9.59 Å². The molecule has 0 bridgehead atoms. The van der Waals surface area contributed by atoms with Crippen molar-refractivity contribution in [3.05, 3.63) is 64.6 Å². The maximum atomic E-state index is 12.6. The number of thioether (sulfide) groups is 1. The Labute approximate surface area is 162 Å². The summed E-state index contributed by atoms with van der Waals surface area (Å²) in [5, 5.41) is 16.9. The third-order valence-corrected chi connectivity index (χ3v) is 5.19. The smallest absolute Gasteiger partial charge is 0.305 e. The highest BCUT2D eigenvalue weighted by atomic mass is 79.9. The van der Waals surface area contributed by atoms with Crippen LogP contribution in [0.2, 0.25) is 0 Å². The van der Waals surface area contributed by atoms with Gasteiger partial charge in [-0.25, -0.2) is 0 Å². The van der Waals surface area contributed by atoms with E-state index in [0.29, 0.717) is 10.9 Å². The number of hydrogen-bond acceptors (Lipinski definition) is 5. The SMILES string of the molecule is O=C(O)C[C@H]1S/C(=N\N=C/c2ccc(Br)cc2)N(c2ccccc2)C1=O. The molecule has 1 fully saturated rings. The van der Waals surface area contributed by atoms with Gasteiger partial charge in [0.2, 0.25) is 5.91 Å². The van der Waals surface area contributed by atoms with Gasteiger partial charge in [-0.15, -0.1) is 5.10 Å². The second-order valence-electron chi connectivity index (χ2n) is 5.39. The van der Waals surface area contributed by atoms with E-state index in [1.165, 1.54) is 4.90 Å². The molecule has 6 nitrogen and oxygen atoms in total. The number of carboxylic acid groups (broad SMARTS) is 1. The number of amidine groups is 1. The zero-order valence-electron chi connectivity index (χ0n) is 13.4. The number of aliphatic carboxylic acids is 1. The van der Waals surface area contributed by atoms with Gasteiger partial charge < -0.3 is 5.11 Å². The first kappa shape index (κ1) is 18.3. The van der Waals surface area contributed by atoms with Crippen LogP contribution in [0, 0.1) is 0 Å². The molecule has 26 heavy (non-hydrogen) atoms. The van der Waals surface area contributed by atoms with Crippen molar-refractivity contribution in [3.63, 3.8) is 0 Å². The Balaban J connectivity index is 1.87. The molecule has 1 amide bonds. The highest BCUT2D eigenvalue weighted by Crippen LogP contribution is 2.33. The van der Waals surface area contributed by atoms with Gasteiger partial charge >= 0.3 is 5.97 Å². The van der Waals surface area contributed by atoms with Crippen molar-refractivity contribution in [2.75, 3.05) is 4.90 Å². The zero-order valence-corrected chi connectivity index (χ0v) is 15.9. The summed E-state index contributed by atoms with van der Waals surface area (Å²) in [7, 11) is 0. The van der Waals surface area contributed by atoms with Crippen LogP contribution < -0.4 is 4.90 Å². The van der Waals surface area contributed by atoms with E-state index in [-0.39, 0.29) is 12.3 Å². The van der Waals surface area contributed by atoms with E-state index in [4.69, 9.17) is 5.11 Å². The van der Waals surface area contributed by atoms with Crippen LogP contribution in [0.3, 0.4) is 0 Å². The molecule has 132 valence electrons. The number of halogens is 1. The molecule has 0 aliphatic carbocycles. The highest BCUT2D eigenvalue weighted by molar-refractivity contribution is 9.10. The molecule has 1 atom stereocenters. The van der Waals surface area contributed by atoms with Gasteiger partial charge in [0.05, 0.1) is 18.3 Å². The van der Waals surface area contributed by atoms with Crippen molar-refractivity contribution in [1.82, 2.24) is 0 Å². The normalized spacial score (nSPS) is 18.8. The lowest BCUT2D eigenvalue weighted by atomic mass is 10.2. The molecular formula is C18H14BrN3O3S. The minimum atomic E-state index is -1.02. The van der Waals surface area contributed by atoms with Crippen LogP contribution in [0.4, 0.5) is 5.69 Å². The van der Waals surface area contributed by atoms with Crippen molar-refractivity contribution in [1.29, 1.82) is 0 Å². The lowest BCUT2D eigenvalue weighted by Crippen LogP contribution is -2.32. The maximum absolute atomic E-state index is 12.6. The Morgan fingerprint density at radius 3 is 2.54 bits per heavy atom. The number of carbonyl (C=O) groups excluding carboxylic acids is 1. The van der Waals surface area contributed by atoms with E-state index in [0.717, 1.165) is 21.8 Å². The van der Waals surface area contributed by atoms with Gasteiger partial charge in [0, 0.05) is 4.47 Å². The van der Waals surface area contributed by atoms with E-state index < -0.39 is 11.2 Å². The lowest BCUT2D eigenvalue weighted by Gasteiger charge is -2.15. The molecule has 1 aliphatic rings. The van der Waals surface area contributed by atoms with E-state index >= 15 is 0 Å². The fourth-order valence-corrected chi connectivity index (χ4v) is 3.68. The molecular weight excluding hydrogens is 418 g/mol. The number of hydrogen-bond donors (Lipinski definition) is 1. The molecule has 0 saturated carbocycles. The van der Waals surface area contributed by atoms with Crippen LogP contribution in [0.25, 0.3) is 0 Å². The van der Waals surface area contributed by atoms with Crippen LogP contribution >= 0.6 is 27.7 Å². The number of benzene rings is 2. The van der Waals surface area contributed by atoms with Crippen LogP contribution in [-0.4, -0.2) is 33.6 Å². The predicted octanol–water partition coefficient (Wildman–Crippen LogP) is 3.76. The molecule has 1 N–H and O–H groups in total. The fourth-order valence-electron chi connectivity index (χ4n) is 2.33. The summed E-state index contributed by atoms with van der Waals surface area (Å²) >= 11 is 4.48. The Hall–Kier alpha value is -2.45. The molecule has 3 rings (SSSR count). The average molecular weight is 432 g/mol. The number of carbonyl (C=O) groups is 2. The average Bonchev–Trinajstić information content (AvgIpc) is 2.92. The highest BCUT2D eigenvalue weighted by Gasteiger charge is 2.40. The molecule has 0 radical (unpaired) electrons. The summed E-state index contributed by atoms with van der Waals surface area (Å²) in [6.45, 7) is 0. The monoisotopic (exact) mass is 431 g/mol. The quantitative estimate of drug-likeness (QED) is 0.576. The number of rotatable bonds is 5. The second kappa shape index (κ2) is 8.29. The van der Waals surface area contributed by atoms with Crippen LogP contribution in [0.1, 0.15) is 12.0 Å². The first-order valence-electron chi connectivity index (χ1n) is 7.68. The summed E-state index contributed by atoms with van der Waals surface area (Å²) in [6, 6.07) is 16.5. The molecule has 8 heteroatoms. The van der Waals surface area contributed by atoms with Crippen LogP contribution in [0.15, 0.2) is 69.3 Å². The van der Waals surface area contributed by atoms with Gasteiger partial charge in [0.25, 0.3) is 0 Å². The van der Waals surface area contributed by atoms with Crippen molar-refractivity contribution >= 4 is 56.6 Å². The zero-order chi connectivity index (χ0) is 18.5. The number of amides is 1. The predicted molar refractivity (Wildman–Crippen MR) is 107 cm³/mol. The standard InChI is InChI=1S/C18H14BrN3O3S/c19-13-8-6-12(7-9-13)11-20-21-18-22(14-4-2-1-3-5-14)17(25)15(26-18)10-16(23)24/h1-9,11,15H,10H2,(H,23,24)/b20-11-,21-18-/t15-/m1/s1. The van der Waals surface area contributed by atoms with Gasteiger partial charge in [-0.05, 0) is 29.8 Å². The molecule has 2 aromatic rings. The third-order valence-electron chi connectivity index (χ3n) is 3.53. The first-order chi connectivity index (χ1) is 12.5. The summed E-state index contributed by atoms with van der Waals surface area (Å²) in [5.41, 5.74) is 1.50. The number of carboxylic acids is 1. The number of para-hydroxylation sites is 1. The Bertz CT molecular complexity index is 869. The Morgan fingerprint density at radius 1 is 1.19 bits per heavy atom. The van der Waals surface area contributed by atoms with E-state index in [9.17, 15) is 9.59 Å². The molecule has 0 unspecified atom stereocenters. The summed E-state index contributed by atoms with van der Waals surface area (Å²) < 4.78 is 0.963. The van der Waals surface area contributed by atoms with Crippen molar-refractivity contribution in [3.8, 4) is 0 Å². The van der Waals surface area contributed by atoms with E-state index in [2.05, 4.69) is 26.1 Å². The van der Waals surface area contributed by atoms with Gasteiger partial charge in [-0.3, -0.25) is 14.5 Å². The summed E-state index contributed by atoms with van der Waals surface area (Å²) in [6.07, 6.45) is 1.32. The number of anilines is 1. The van der Waals surface area contributed by atoms with Crippen molar-refractivity contribution in [2.24, 2.45) is 10.2 Å². The van der Waals surface area contributed by atoms with Crippen LogP contribution in [0.5, 0.6) is 0 Å². The van der Waals surface area contributed by atoms with E-state index in [1.807, 2.05) is 30.3 Å². The molecule has 1 aliphatic heterocycles. The Kier molecular flexibility index (Phi) is 5.85. The minimum absolute atomic E-state index is 0.262. The molecule has 1 heterocycles. The van der Waals surface area contributed by atoms with Gasteiger partial charge in [0.1, 0.15) is 5.25 Å². The molecule has 1 saturated heterocycles. The van der Waals surface area contributed by atoms with Gasteiger partial charge in [-0.2, -0.15) is 5.10 Å². The van der Waals surface area contributed by atoms with Crippen molar-refractivity contribution in [2.45, 2.75) is 11.7 Å². The Morgan fingerprint density at radius 2 is 1.88 bits per heavy atom. The number of nitrogens with zero attached hydrogens (tertiary/aromatic N) is 3. The summed E-state index contributed by atoms with van der Waals surface area (Å²) in [5.74, 6) is -1.33. The molecule has 0 aromatic heterocycles. The minimum Gasteiger partial charge on any atom is -0.481 e. The van der Waals surface area contributed by atoms with Gasteiger partial charge in [-0.1, -0.05) is 58.0 Å². The lowest BCUT2D eigenvalue weighted by molar-refractivity contribution is -0.138. The summed E-state index contributed by atoms with van der Waals surface area (Å²) in [4.78, 5) is 25.1. The molecule has 2 aromatic carbocycles. The van der Waals surface area contributed by atoms with Crippen molar-refractivity contribution < 1.29 is 14.7 Å².